The van der Waals surface area contributed by atoms with E-state index in [-0.39, 0.29) is 0 Å². The Morgan fingerprint density at radius 2 is 1.80 bits per heavy atom. The molecule has 1 saturated heterocycles. The van der Waals surface area contributed by atoms with Gasteiger partial charge in [0.05, 0.1) is 13.2 Å². The van der Waals surface area contributed by atoms with Crippen LogP contribution in [0, 0.1) is 0 Å². The van der Waals surface area contributed by atoms with Gasteiger partial charge in [0.25, 0.3) is 5.79 Å². The summed E-state index contributed by atoms with van der Waals surface area (Å²) in [5.74, 6) is -2.75. The highest BCUT2D eigenvalue weighted by molar-refractivity contribution is 9.10. The molecule has 1 N–H and O–H groups in total. The summed E-state index contributed by atoms with van der Waals surface area (Å²) in [4.78, 5) is 11.1. The second kappa shape index (κ2) is 3.92. The van der Waals surface area contributed by atoms with Crippen molar-refractivity contribution in [1.82, 2.24) is 0 Å². The zero-order valence-electron chi connectivity index (χ0n) is 7.77. The number of carboxylic acids is 1. The number of rotatable bonds is 2. The first-order valence-electron chi connectivity index (χ1n) is 4.42. The maximum atomic E-state index is 11.1. The van der Waals surface area contributed by atoms with Crippen LogP contribution in [0.25, 0.3) is 0 Å². The van der Waals surface area contributed by atoms with Gasteiger partial charge < -0.3 is 14.6 Å². The molecule has 1 aromatic carbocycles. The number of benzene rings is 1. The van der Waals surface area contributed by atoms with Crippen LogP contribution in [0.3, 0.4) is 0 Å². The third kappa shape index (κ3) is 1.78. The van der Waals surface area contributed by atoms with Crippen LogP contribution >= 0.6 is 15.9 Å². The molecule has 0 aromatic heterocycles. The molecule has 0 radical (unpaired) electrons. The zero-order chi connectivity index (χ0) is 10.9. The number of halogens is 1. The van der Waals surface area contributed by atoms with E-state index < -0.39 is 11.8 Å². The number of hydrogen-bond donors (Lipinski definition) is 1. The fraction of sp³-hybridized carbons (Fsp3) is 0.300. The minimum atomic E-state index is -1.62. The van der Waals surface area contributed by atoms with Crippen LogP contribution in [-0.2, 0) is 20.1 Å². The molecular formula is C10H9BrO4. The van der Waals surface area contributed by atoms with Crippen molar-refractivity contribution < 1.29 is 19.4 Å². The van der Waals surface area contributed by atoms with E-state index in [0.717, 1.165) is 4.47 Å². The van der Waals surface area contributed by atoms with Gasteiger partial charge in [0.2, 0.25) is 0 Å². The van der Waals surface area contributed by atoms with E-state index in [9.17, 15) is 4.79 Å². The van der Waals surface area contributed by atoms with Gasteiger partial charge in [-0.3, -0.25) is 0 Å². The second-order valence-corrected chi connectivity index (χ2v) is 4.04. The third-order valence-corrected chi connectivity index (χ3v) is 2.73. The molecule has 15 heavy (non-hydrogen) atoms. The lowest BCUT2D eigenvalue weighted by Gasteiger charge is -2.22. The molecule has 1 aliphatic rings. The first-order chi connectivity index (χ1) is 7.15. The van der Waals surface area contributed by atoms with Crippen LogP contribution in [0.2, 0.25) is 0 Å². The fourth-order valence-electron chi connectivity index (χ4n) is 1.50. The minimum absolute atomic E-state index is 0.294. The van der Waals surface area contributed by atoms with Crippen LogP contribution in [0.1, 0.15) is 5.56 Å². The molecule has 0 saturated carbocycles. The van der Waals surface area contributed by atoms with Gasteiger partial charge in [-0.25, -0.2) is 4.79 Å². The maximum absolute atomic E-state index is 11.1. The first-order valence-corrected chi connectivity index (χ1v) is 5.22. The standard InChI is InChI=1S/C10H9BrO4/c11-8-3-1-7(2-4-8)10(9(12)13)14-5-6-15-10/h1-4H,5-6H2,(H,12,13). The van der Waals surface area contributed by atoms with Gasteiger partial charge in [0.1, 0.15) is 0 Å². The molecule has 4 nitrogen and oxygen atoms in total. The van der Waals surface area contributed by atoms with Gasteiger partial charge in [-0.2, -0.15) is 0 Å². The lowest BCUT2D eigenvalue weighted by Crippen LogP contribution is -2.36. The first kappa shape index (κ1) is 10.6. The Hall–Kier alpha value is -0.910. The molecule has 0 bridgehead atoms. The fourth-order valence-corrected chi connectivity index (χ4v) is 1.76. The van der Waals surface area contributed by atoms with Gasteiger partial charge in [0, 0.05) is 10.0 Å². The van der Waals surface area contributed by atoms with E-state index in [1.54, 1.807) is 24.3 Å². The van der Waals surface area contributed by atoms with Gasteiger partial charge in [-0.05, 0) is 12.1 Å². The van der Waals surface area contributed by atoms with Crippen molar-refractivity contribution in [3.8, 4) is 0 Å². The van der Waals surface area contributed by atoms with Crippen LogP contribution in [0.15, 0.2) is 28.7 Å². The van der Waals surface area contributed by atoms with Crippen LogP contribution in [0.4, 0.5) is 0 Å². The highest BCUT2D eigenvalue weighted by Gasteiger charge is 2.46. The van der Waals surface area contributed by atoms with E-state index in [4.69, 9.17) is 14.6 Å². The number of carboxylic acid groups (broad SMARTS) is 1. The van der Waals surface area contributed by atoms with Crippen molar-refractivity contribution in [1.29, 1.82) is 0 Å². The molecular weight excluding hydrogens is 264 g/mol. The number of hydrogen-bond acceptors (Lipinski definition) is 3. The summed E-state index contributed by atoms with van der Waals surface area (Å²) in [6, 6.07) is 6.85. The predicted octanol–water partition coefficient (Wildman–Crippen LogP) is 1.73. The zero-order valence-corrected chi connectivity index (χ0v) is 9.36. The Balaban J connectivity index is 2.41. The average Bonchev–Trinajstić information content (AvgIpc) is 2.69. The largest absolute Gasteiger partial charge is 0.477 e. The van der Waals surface area contributed by atoms with Gasteiger partial charge in [-0.1, -0.05) is 28.1 Å². The second-order valence-electron chi connectivity index (χ2n) is 3.13. The molecule has 0 atom stereocenters. The summed E-state index contributed by atoms with van der Waals surface area (Å²) in [5.41, 5.74) is 0.496. The van der Waals surface area contributed by atoms with Crippen molar-refractivity contribution in [2.45, 2.75) is 5.79 Å². The Bertz CT molecular complexity index is 368. The molecule has 0 aliphatic carbocycles. The molecule has 1 aromatic rings. The quantitative estimate of drug-likeness (QED) is 0.891. The number of carbonyl (C=O) groups is 1. The monoisotopic (exact) mass is 272 g/mol. The highest BCUT2D eigenvalue weighted by Crippen LogP contribution is 2.32. The molecule has 80 valence electrons. The van der Waals surface area contributed by atoms with E-state index in [0.29, 0.717) is 18.8 Å². The van der Waals surface area contributed by atoms with Gasteiger partial charge in [-0.15, -0.1) is 0 Å². The molecule has 1 fully saturated rings. The summed E-state index contributed by atoms with van der Waals surface area (Å²) in [6.45, 7) is 0.588. The Morgan fingerprint density at radius 3 is 2.27 bits per heavy atom. The van der Waals surface area contributed by atoms with E-state index >= 15 is 0 Å². The third-order valence-electron chi connectivity index (χ3n) is 2.20. The summed E-state index contributed by atoms with van der Waals surface area (Å²) < 4.78 is 11.3. The van der Waals surface area contributed by atoms with E-state index in [1.807, 2.05) is 0 Å². The van der Waals surface area contributed by atoms with Crippen LogP contribution in [0.5, 0.6) is 0 Å². The van der Waals surface area contributed by atoms with Crippen LogP contribution < -0.4 is 0 Å². The van der Waals surface area contributed by atoms with Crippen molar-refractivity contribution in [2.24, 2.45) is 0 Å². The summed E-state index contributed by atoms with van der Waals surface area (Å²) in [5, 5.41) is 9.12. The predicted molar refractivity (Wildman–Crippen MR) is 55.4 cm³/mol. The normalized spacial score (nSPS) is 19.0. The highest BCUT2D eigenvalue weighted by atomic mass is 79.9. The maximum Gasteiger partial charge on any atom is 0.369 e. The molecule has 5 heteroatoms. The van der Waals surface area contributed by atoms with E-state index in [1.165, 1.54) is 0 Å². The van der Waals surface area contributed by atoms with Gasteiger partial charge in [0.15, 0.2) is 0 Å². The number of aliphatic carboxylic acids is 1. The summed E-state index contributed by atoms with van der Waals surface area (Å²) in [7, 11) is 0. The molecule has 2 rings (SSSR count). The summed E-state index contributed by atoms with van der Waals surface area (Å²) in [6.07, 6.45) is 0. The molecule has 1 heterocycles. The van der Waals surface area contributed by atoms with Gasteiger partial charge >= 0.3 is 5.97 Å². The molecule has 0 amide bonds. The SMILES string of the molecule is O=C(O)C1(c2ccc(Br)cc2)OCCO1. The lowest BCUT2D eigenvalue weighted by molar-refractivity contribution is -0.205. The molecule has 0 spiro atoms. The van der Waals surface area contributed by atoms with Crippen LogP contribution in [-0.4, -0.2) is 24.3 Å². The van der Waals surface area contributed by atoms with Crippen molar-refractivity contribution in [2.75, 3.05) is 13.2 Å². The smallest absolute Gasteiger partial charge is 0.369 e. The Labute approximate surface area is 94.9 Å². The number of ether oxygens (including phenoxy) is 2. The van der Waals surface area contributed by atoms with Crippen molar-refractivity contribution in [3.05, 3.63) is 34.3 Å². The van der Waals surface area contributed by atoms with E-state index in [2.05, 4.69) is 15.9 Å². The molecule has 1 aliphatic heterocycles. The van der Waals surface area contributed by atoms with Crippen molar-refractivity contribution in [3.63, 3.8) is 0 Å². The Kier molecular flexibility index (Phi) is 2.77. The Morgan fingerprint density at radius 1 is 1.27 bits per heavy atom. The minimum Gasteiger partial charge on any atom is -0.477 e. The average molecular weight is 273 g/mol. The lowest BCUT2D eigenvalue weighted by atomic mass is 10.1. The topological polar surface area (TPSA) is 55.8 Å². The van der Waals surface area contributed by atoms with Crippen molar-refractivity contribution >= 4 is 21.9 Å². The molecule has 0 unspecified atom stereocenters. The summed E-state index contributed by atoms with van der Waals surface area (Å²) >= 11 is 3.28.